The molecule has 1 aromatic heterocycles. The minimum absolute atomic E-state index is 0.0718. The van der Waals surface area contributed by atoms with Crippen molar-refractivity contribution in [2.24, 2.45) is 4.99 Å². The molecule has 130 valence electrons. The van der Waals surface area contributed by atoms with Crippen LogP contribution >= 0.6 is 22.6 Å². The zero-order valence-electron chi connectivity index (χ0n) is 14.3. The summed E-state index contributed by atoms with van der Waals surface area (Å²) < 4.78 is 2.99. The van der Waals surface area contributed by atoms with Crippen molar-refractivity contribution in [3.63, 3.8) is 0 Å². The van der Waals surface area contributed by atoms with E-state index in [1.807, 2.05) is 24.7 Å². The van der Waals surface area contributed by atoms with Gasteiger partial charge in [-0.3, -0.25) is 9.79 Å². The van der Waals surface area contributed by atoms with Gasteiger partial charge in [0.25, 0.3) is 5.56 Å². The molecule has 0 saturated heterocycles. The Balaban J connectivity index is 1.68. The molecule has 5 heteroatoms. The second-order valence-corrected chi connectivity index (χ2v) is 7.42. The Morgan fingerprint density at radius 1 is 1.32 bits per heavy atom. The summed E-state index contributed by atoms with van der Waals surface area (Å²) >= 11 is 2.33. The third-order valence-electron chi connectivity index (χ3n) is 4.25. The molecule has 2 aromatic rings. The maximum Gasteiger partial charge on any atom is 0.250 e. The lowest BCUT2D eigenvalue weighted by Crippen LogP contribution is -2.20. The quantitative estimate of drug-likeness (QED) is 0.685. The van der Waals surface area contributed by atoms with E-state index in [0.29, 0.717) is 13.1 Å². The van der Waals surface area contributed by atoms with Crippen LogP contribution in [0.2, 0.25) is 0 Å². The van der Waals surface area contributed by atoms with E-state index in [1.54, 1.807) is 10.6 Å². The van der Waals surface area contributed by atoms with Crippen molar-refractivity contribution in [3.05, 3.63) is 73.3 Å². The molecule has 0 atom stereocenters. The van der Waals surface area contributed by atoms with Gasteiger partial charge in [-0.25, -0.2) is 0 Å². The molecular formula is C20H22IN3O. The molecule has 0 bridgehead atoms. The second-order valence-electron chi connectivity index (χ2n) is 6.17. The third kappa shape index (κ3) is 4.60. The number of hydrogen-bond donors (Lipinski definition) is 1. The van der Waals surface area contributed by atoms with Crippen molar-refractivity contribution in [1.82, 2.24) is 9.88 Å². The van der Waals surface area contributed by atoms with Crippen LogP contribution in [0, 0.1) is 3.57 Å². The number of rotatable bonds is 6. The summed E-state index contributed by atoms with van der Waals surface area (Å²) in [5, 5.41) is 3.34. The fraction of sp³-hybridized carbons (Fsp3) is 0.300. The molecule has 25 heavy (non-hydrogen) atoms. The van der Waals surface area contributed by atoms with Crippen LogP contribution in [0.25, 0.3) is 5.57 Å². The predicted molar refractivity (Wildman–Crippen MR) is 112 cm³/mol. The molecule has 2 heterocycles. The highest BCUT2D eigenvalue weighted by molar-refractivity contribution is 14.1. The van der Waals surface area contributed by atoms with Crippen LogP contribution in [-0.4, -0.2) is 17.3 Å². The number of pyridine rings is 1. The van der Waals surface area contributed by atoms with Gasteiger partial charge in [0.05, 0.1) is 6.54 Å². The molecule has 1 aliphatic heterocycles. The number of halogens is 1. The minimum atomic E-state index is 0.0718. The van der Waals surface area contributed by atoms with Gasteiger partial charge in [-0.1, -0.05) is 19.4 Å². The molecule has 0 unspecified atom stereocenters. The van der Waals surface area contributed by atoms with Crippen molar-refractivity contribution in [2.45, 2.75) is 32.9 Å². The maximum atomic E-state index is 12.1. The summed E-state index contributed by atoms with van der Waals surface area (Å²) in [7, 11) is 0. The third-order valence-corrected chi connectivity index (χ3v) is 4.92. The number of hydrogen-bond acceptors (Lipinski definition) is 3. The van der Waals surface area contributed by atoms with E-state index in [0.717, 1.165) is 30.5 Å². The zero-order chi connectivity index (χ0) is 17.6. The monoisotopic (exact) mass is 447 g/mol. The van der Waals surface area contributed by atoms with Crippen LogP contribution in [0.15, 0.2) is 52.5 Å². The standard InChI is InChI=1S/C20H22IN3O/c1-2-3-7-24-8-6-15(9-20(24)25)11-22-13-17-14-23-12-16-4-5-18(21)10-19(16)17/h4-6,8-10,12-13,22H,2-3,7,11,14H2,1H3/b17-13+. The first kappa shape index (κ1) is 17.9. The molecule has 0 spiro atoms. The molecule has 4 nitrogen and oxygen atoms in total. The smallest absolute Gasteiger partial charge is 0.250 e. The molecule has 0 aliphatic carbocycles. The lowest BCUT2D eigenvalue weighted by molar-refractivity contribution is 0.611. The highest BCUT2D eigenvalue weighted by atomic mass is 127. The van der Waals surface area contributed by atoms with Crippen LogP contribution in [0.5, 0.6) is 0 Å². The van der Waals surface area contributed by atoms with Crippen molar-refractivity contribution >= 4 is 34.4 Å². The van der Waals surface area contributed by atoms with Gasteiger partial charge in [0.15, 0.2) is 0 Å². The van der Waals surface area contributed by atoms with Gasteiger partial charge in [-0.05, 0) is 69.5 Å². The fourth-order valence-corrected chi connectivity index (χ4v) is 3.33. The molecule has 1 N–H and O–H groups in total. The minimum Gasteiger partial charge on any atom is -0.387 e. The summed E-state index contributed by atoms with van der Waals surface area (Å²) in [6.07, 6.45) is 7.96. The number of aromatic nitrogens is 1. The van der Waals surface area contributed by atoms with Crippen LogP contribution in [0.3, 0.4) is 0 Å². The number of benzene rings is 1. The molecule has 0 amide bonds. The van der Waals surface area contributed by atoms with E-state index in [-0.39, 0.29) is 5.56 Å². The first-order valence-corrected chi connectivity index (χ1v) is 9.67. The Bertz CT molecular complexity index is 867. The highest BCUT2D eigenvalue weighted by Gasteiger charge is 2.11. The van der Waals surface area contributed by atoms with E-state index in [9.17, 15) is 4.79 Å². The summed E-state index contributed by atoms with van der Waals surface area (Å²) in [6.45, 7) is 4.24. The molecule has 0 radical (unpaired) electrons. The number of fused-ring (bicyclic) bond motifs is 1. The van der Waals surface area contributed by atoms with Crippen LogP contribution in [-0.2, 0) is 13.1 Å². The Morgan fingerprint density at radius 3 is 3.00 bits per heavy atom. The van der Waals surface area contributed by atoms with Crippen molar-refractivity contribution in [1.29, 1.82) is 0 Å². The predicted octanol–water partition coefficient (Wildman–Crippen LogP) is 3.82. The van der Waals surface area contributed by atoms with Crippen molar-refractivity contribution < 1.29 is 0 Å². The van der Waals surface area contributed by atoms with Gasteiger partial charge >= 0.3 is 0 Å². The number of nitrogens with zero attached hydrogens (tertiary/aromatic N) is 2. The van der Waals surface area contributed by atoms with E-state index < -0.39 is 0 Å². The largest absolute Gasteiger partial charge is 0.387 e. The normalized spacial score (nSPS) is 14.6. The van der Waals surface area contributed by atoms with Crippen molar-refractivity contribution in [3.8, 4) is 0 Å². The van der Waals surface area contributed by atoms with E-state index in [2.05, 4.69) is 58.0 Å². The van der Waals surface area contributed by atoms with Crippen molar-refractivity contribution in [2.75, 3.05) is 6.54 Å². The van der Waals surface area contributed by atoms with Gasteiger partial charge in [-0.15, -0.1) is 0 Å². The number of aryl methyl sites for hydroxylation is 1. The highest BCUT2D eigenvalue weighted by Crippen LogP contribution is 2.24. The first-order chi connectivity index (χ1) is 12.2. The average molecular weight is 447 g/mol. The van der Waals surface area contributed by atoms with Crippen LogP contribution < -0.4 is 10.9 Å². The number of aliphatic imine (C=N–C) groups is 1. The second kappa shape index (κ2) is 8.47. The summed E-state index contributed by atoms with van der Waals surface area (Å²) in [5.74, 6) is 0. The van der Waals surface area contributed by atoms with Crippen LogP contribution in [0.4, 0.5) is 0 Å². The molecule has 1 aromatic carbocycles. The Hall–Kier alpha value is -1.89. The SMILES string of the molecule is CCCCn1ccc(CN/C=C2\CN=Cc3ccc(I)cc32)cc1=O. The Morgan fingerprint density at radius 2 is 2.20 bits per heavy atom. The van der Waals surface area contributed by atoms with Gasteiger partial charge in [0.2, 0.25) is 0 Å². The lowest BCUT2D eigenvalue weighted by atomic mass is 9.99. The maximum absolute atomic E-state index is 12.1. The Labute approximate surface area is 161 Å². The molecule has 0 saturated carbocycles. The zero-order valence-corrected chi connectivity index (χ0v) is 16.5. The average Bonchev–Trinajstić information content (AvgIpc) is 2.61. The first-order valence-electron chi connectivity index (χ1n) is 8.59. The van der Waals surface area contributed by atoms with Gasteiger partial charge in [0, 0.05) is 41.3 Å². The summed E-state index contributed by atoms with van der Waals surface area (Å²) in [5.41, 5.74) is 4.62. The van der Waals surface area contributed by atoms with Gasteiger partial charge < -0.3 is 9.88 Å². The van der Waals surface area contributed by atoms with Gasteiger partial charge in [0.1, 0.15) is 0 Å². The van der Waals surface area contributed by atoms with E-state index >= 15 is 0 Å². The summed E-state index contributed by atoms with van der Waals surface area (Å²) in [4.78, 5) is 16.5. The molecule has 0 fully saturated rings. The summed E-state index contributed by atoms with van der Waals surface area (Å²) in [6, 6.07) is 10.1. The lowest BCUT2D eigenvalue weighted by Gasteiger charge is -2.15. The van der Waals surface area contributed by atoms with Crippen LogP contribution in [0.1, 0.15) is 36.5 Å². The fourth-order valence-electron chi connectivity index (χ4n) is 2.83. The number of unbranched alkanes of at least 4 members (excludes halogenated alkanes) is 1. The van der Waals surface area contributed by atoms with Gasteiger partial charge in [-0.2, -0.15) is 0 Å². The molecular weight excluding hydrogens is 425 g/mol. The van der Waals surface area contributed by atoms with E-state index in [4.69, 9.17) is 0 Å². The molecule has 1 aliphatic rings. The Kier molecular flexibility index (Phi) is 6.07. The number of nitrogens with one attached hydrogen (secondary N) is 1. The van der Waals surface area contributed by atoms with E-state index in [1.165, 1.54) is 14.7 Å². The molecule has 3 rings (SSSR count). The topological polar surface area (TPSA) is 46.4 Å².